The molecular formula is C13H17ClN2OS. The fraction of sp³-hybridized carbons (Fsp3) is 0.462. The molecule has 0 saturated carbocycles. The third-order valence-corrected chi connectivity index (χ3v) is 4.53. The van der Waals surface area contributed by atoms with Crippen molar-refractivity contribution in [3.8, 4) is 0 Å². The van der Waals surface area contributed by atoms with Gasteiger partial charge in [0, 0.05) is 41.2 Å². The van der Waals surface area contributed by atoms with E-state index in [0.29, 0.717) is 5.88 Å². The molecule has 0 aliphatic heterocycles. The molecule has 0 aliphatic rings. The number of aryl methyl sites for hydroxylation is 1. The number of fused-ring (bicyclic) bond motifs is 1. The molecule has 2 aromatic rings. The summed E-state index contributed by atoms with van der Waals surface area (Å²) >= 11 is 5.82. The van der Waals surface area contributed by atoms with E-state index >= 15 is 0 Å². The molecule has 0 bridgehead atoms. The second kappa shape index (κ2) is 5.85. The topological polar surface area (TPSA) is 34.9 Å². The van der Waals surface area contributed by atoms with Crippen LogP contribution in [0.4, 0.5) is 0 Å². The highest BCUT2D eigenvalue weighted by Gasteiger charge is 2.14. The maximum atomic E-state index is 11.5. The van der Waals surface area contributed by atoms with Gasteiger partial charge in [0.2, 0.25) is 0 Å². The largest absolute Gasteiger partial charge is 0.327 e. The monoisotopic (exact) mass is 284 g/mol. The zero-order chi connectivity index (χ0) is 13.1. The smallest absolute Gasteiger partial charge is 0.111 e. The summed E-state index contributed by atoms with van der Waals surface area (Å²) in [5.74, 6) is 1.52. The first-order valence-electron chi connectivity index (χ1n) is 5.96. The van der Waals surface area contributed by atoms with E-state index < -0.39 is 10.8 Å². The Labute approximate surface area is 115 Å². The molecule has 18 heavy (non-hydrogen) atoms. The second-order valence-electron chi connectivity index (χ2n) is 4.38. The van der Waals surface area contributed by atoms with Gasteiger partial charge in [0.05, 0.1) is 11.0 Å². The first-order chi connectivity index (χ1) is 8.63. The zero-order valence-electron chi connectivity index (χ0n) is 10.6. The number of alkyl halides is 1. The van der Waals surface area contributed by atoms with Crippen LogP contribution in [-0.4, -0.2) is 31.1 Å². The van der Waals surface area contributed by atoms with Crippen LogP contribution >= 0.6 is 11.6 Å². The summed E-state index contributed by atoms with van der Waals surface area (Å²) in [7, 11) is -0.832. The maximum absolute atomic E-state index is 11.5. The van der Waals surface area contributed by atoms with Gasteiger partial charge in [0.15, 0.2) is 0 Å². The SMILES string of the molecule is CC(Cn1c(CCCl)nc2ccccc21)S(C)=O. The Balaban J connectivity index is 2.44. The Hall–Kier alpha value is -0.870. The van der Waals surface area contributed by atoms with E-state index in [-0.39, 0.29) is 5.25 Å². The maximum Gasteiger partial charge on any atom is 0.111 e. The van der Waals surface area contributed by atoms with Crippen LogP contribution in [0.3, 0.4) is 0 Å². The van der Waals surface area contributed by atoms with Gasteiger partial charge in [-0.3, -0.25) is 4.21 Å². The molecular weight excluding hydrogens is 268 g/mol. The van der Waals surface area contributed by atoms with Crippen LogP contribution in [0.1, 0.15) is 12.7 Å². The fourth-order valence-corrected chi connectivity index (χ4v) is 2.49. The van der Waals surface area contributed by atoms with Crippen LogP contribution in [0.15, 0.2) is 24.3 Å². The molecule has 1 aromatic carbocycles. The molecule has 2 unspecified atom stereocenters. The highest BCUT2D eigenvalue weighted by atomic mass is 35.5. The Morgan fingerprint density at radius 3 is 2.83 bits per heavy atom. The number of aromatic nitrogens is 2. The minimum Gasteiger partial charge on any atom is -0.327 e. The molecule has 0 amide bonds. The van der Waals surface area contributed by atoms with Crippen molar-refractivity contribution in [1.29, 1.82) is 0 Å². The number of halogens is 1. The molecule has 0 radical (unpaired) electrons. The first-order valence-corrected chi connectivity index (χ1v) is 8.11. The van der Waals surface area contributed by atoms with E-state index in [9.17, 15) is 4.21 Å². The molecule has 2 atom stereocenters. The van der Waals surface area contributed by atoms with Gasteiger partial charge in [-0.1, -0.05) is 12.1 Å². The lowest BCUT2D eigenvalue weighted by Crippen LogP contribution is -2.19. The predicted molar refractivity (Wildman–Crippen MR) is 77.7 cm³/mol. The molecule has 0 aliphatic carbocycles. The molecule has 0 N–H and O–H groups in total. The van der Waals surface area contributed by atoms with Gasteiger partial charge in [-0.25, -0.2) is 4.98 Å². The van der Waals surface area contributed by atoms with E-state index in [1.165, 1.54) is 0 Å². The third kappa shape index (κ3) is 2.75. The highest BCUT2D eigenvalue weighted by Crippen LogP contribution is 2.18. The van der Waals surface area contributed by atoms with Crippen molar-refractivity contribution >= 4 is 33.4 Å². The van der Waals surface area contributed by atoms with Gasteiger partial charge >= 0.3 is 0 Å². The van der Waals surface area contributed by atoms with Crippen LogP contribution in [0.25, 0.3) is 11.0 Å². The van der Waals surface area contributed by atoms with Crippen LogP contribution in [0.2, 0.25) is 0 Å². The molecule has 5 heteroatoms. The van der Waals surface area contributed by atoms with Crippen molar-refractivity contribution in [3.05, 3.63) is 30.1 Å². The van der Waals surface area contributed by atoms with Gasteiger partial charge in [0.25, 0.3) is 0 Å². The zero-order valence-corrected chi connectivity index (χ0v) is 12.2. The van der Waals surface area contributed by atoms with Crippen molar-refractivity contribution in [2.45, 2.75) is 25.1 Å². The van der Waals surface area contributed by atoms with Gasteiger partial charge in [-0.15, -0.1) is 11.6 Å². The number of rotatable bonds is 5. The number of imidazole rings is 1. The molecule has 1 heterocycles. The van der Waals surface area contributed by atoms with Crippen LogP contribution in [0.5, 0.6) is 0 Å². The van der Waals surface area contributed by atoms with Crippen molar-refractivity contribution < 1.29 is 4.21 Å². The van der Waals surface area contributed by atoms with E-state index in [2.05, 4.69) is 9.55 Å². The Morgan fingerprint density at radius 1 is 1.44 bits per heavy atom. The first kappa shape index (κ1) is 13.6. The lowest BCUT2D eigenvalue weighted by atomic mass is 10.3. The molecule has 3 nitrogen and oxygen atoms in total. The van der Waals surface area contributed by atoms with Gasteiger partial charge in [0.1, 0.15) is 5.82 Å². The van der Waals surface area contributed by atoms with Crippen molar-refractivity contribution in [2.24, 2.45) is 0 Å². The number of benzene rings is 1. The second-order valence-corrected chi connectivity index (χ2v) is 6.56. The number of nitrogens with zero attached hydrogens (tertiary/aromatic N) is 2. The van der Waals surface area contributed by atoms with Gasteiger partial charge in [-0.2, -0.15) is 0 Å². The highest BCUT2D eigenvalue weighted by molar-refractivity contribution is 7.84. The summed E-state index contributed by atoms with van der Waals surface area (Å²) in [6.45, 7) is 2.71. The molecule has 1 aromatic heterocycles. The minimum atomic E-state index is -0.832. The summed E-state index contributed by atoms with van der Waals surface area (Å²) in [6.07, 6.45) is 2.48. The average Bonchev–Trinajstić information content (AvgIpc) is 2.68. The Morgan fingerprint density at radius 2 is 2.17 bits per heavy atom. The molecule has 0 saturated heterocycles. The van der Waals surface area contributed by atoms with E-state index in [0.717, 1.165) is 29.8 Å². The van der Waals surface area contributed by atoms with E-state index in [1.807, 2.05) is 31.2 Å². The van der Waals surface area contributed by atoms with Gasteiger partial charge < -0.3 is 4.57 Å². The van der Waals surface area contributed by atoms with Crippen molar-refractivity contribution in [1.82, 2.24) is 9.55 Å². The minimum absolute atomic E-state index is 0.108. The summed E-state index contributed by atoms with van der Waals surface area (Å²) in [6, 6.07) is 8.02. The molecule has 0 spiro atoms. The number of hydrogen-bond donors (Lipinski definition) is 0. The van der Waals surface area contributed by atoms with Crippen LogP contribution in [0, 0.1) is 0 Å². The Bertz CT molecular complexity index is 567. The molecule has 2 rings (SSSR count). The third-order valence-electron chi connectivity index (χ3n) is 3.06. The summed E-state index contributed by atoms with van der Waals surface area (Å²) in [5, 5.41) is 0.108. The summed E-state index contributed by atoms with van der Waals surface area (Å²) < 4.78 is 13.7. The lowest BCUT2D eigenvalue weighted by molar-refractivity contribution is 0.635. The number of hydrogen-bond acceptors (Lipinski definition) is 2. The predicted octanol–water partition coefficient (Wildman–Crippen LogP) is 2.58. The Kier molecular flexibility index (Phi) is 4.40. The van der Waals surface area contributed by atoms with Crippen LogP contribution in [-0.2, 0) is 23.8 Å². The summed E-state index contributed by atoms with van der Waals surface area (Å²) in [4.78, 5) is 4.59. The lowest BCUT2D eigenvalue weighted by Gasteiger charge is -2.13. The molecule has 98 valence electrons. The van der Waals surface area contributed by atoms with E-state index in [1.54, 1.807) is 6.26 Å². The molecule has 0 fully saturated rings. The van der Waals surface area contributed by atoms with Crippen molar-refractivity contribution in [2.75, 3.05) is 12.1 Å². The quantitative estimate of drug-likeness (QED) is 0.791. The normalized spacial score (nSPS) is 14.8. The average molecular weight is 285 g/mol. The standard InChI is InChI=1S/C13H17ClN2OS/c1-10(18(2)17)9-16-12-6-4-3-5-11(12)15-13(16)7-8-14/h3-6,10H,7-9H2,1-2H3. The number of para-hydroxylation sites is 2. The fourth-order valence-electron chi connectivity index (χ4n) is 1.97. The van der Waals surface area contributed by atoms with Crippen molar-refractivity contribution in [3.63, 3.8) is 0 Å². The van der Waals surface area contributed by atoms with Crippen LogP contribution < -0.4 is 0 Å². The van der Waals surface area contributed by atoms with Gasteiger partial charge in [-0.05, 0) is 19.1 Å². The van der Waals surface area contributed by atoms with E-state index in [4.69, 9.17) is 11.6 Å². The summed E-state index contributed by atoms with van der Waals surface area (Å²) in [5.41, 5.74) is 2.07.